The molecule has 1 aromatic rings. The first-order chi connectivity index (χ1) is 7.30. The Morgan fingerprint density at radius 1 is 1.44 bits per heavy atom. The van der Waals surface area contributed by atoms with Gasteiger partial charge in [0, 0.05) is 4.90 Å². The average molecular weight is 249 g/mol. The molecule has 16 heavy (non-hydrogen) atoms. The number of primary amides is 1. The third kappa shape index (κ3) is 3.44. The van der Waals surface area contributed by atoms with Crippen LogP contribution >= 0.6 is 11.8 Å². The summed E-state index contributed by atoms with van der Waals surface area (Å²) in [6, 6.07) is 4.81. The molecule has 2 N–H and O–H groups in total. The van der Waals surface area contributed by atoms with E-state index in [9.17, 15) is 18.0 Å². The molecule has 1 aromatic carbocycles. The second-order valence-corrected chi connectivity index (χ2v) is 4.60. The van der Waals surface area contributed by atoms with Gasteiger partial charge in [-0.15, -0.1) is 11.8 Å². The molecule has 0 aliphatic rings. The topological polar surface area (TPSA) is 43.1 Å². The Bertz CT molecular complexity index is 392. The van der Waals surface area contributed by atoms with Gasteiger partial charge in [-0.2, -0.15) is 13.2 Å². The number of rotatable bonds is 3. The van der Waals surface area contributed by atoms with Gasteiger partial charge in [-0.05, 0) is 25.1 Å². The second kappa shape index (κ2) is 4.78. The number of alkyl halides is 3. The van der Waals surface area contributed by atoms with Crippen LogP contribution in [0.2, 0.25) is 0 Å². The largest absolute Gasteiger partial charge is 0.416 e. The summed E-state index contributed by atoms with van der Waals surface area (Å²) < 4.78 is 37.1. The molecule has 1 atom stereocenters. The number of carbonyl (C=O) groups excluding carboxylic acids is 1. The lowest BCUT2D eigenvalue weighted by Gasteiger charge is -2.10. The minimum absolute atomic E-state index is 0.376. The molecular weight excluding hydrogens is 239 g/mol. The Balaban J connectivity index is 2.87. The van der Waals surface area contributed by atoms with Crippen molar-refractivity contribution in [3.05, 3.63) is 29.8 Å². The van der Waals surface area contributed by atoms with Crippen molar-refractivity contribution in [2.75, 3.05) is 0 Å². The van der Waals surface area contributed by atoms with E-state index in [2.05, 4.69) is 0 Å². The molecule has 0 radical (unpaired) electrons. The monoisotopic (exact) mass is 249 g/mol. The molecule has 1 rings (SSSR count). The van der Waals surface area contributed by atoms with Gasteiger partial charge in [-0.25, -0.2) is 0 Å². The summed E-state index contributed by atoms with van der Waals surface area (Å²) in [4.78, 5) is 11.1. The molecule has 0 aliphatic heterocycles. The van der Waals surface area contributed by atoms with Crippen LogP contribution in [-0.2, 0) is 11.0 Å². The molecule has 0 heterocycles. The van der Waals surface area contributed by atoms with Crippen LogP contribution in [0.25, 0.3) is 0 Å². The van der Waals surface area contributed by atoms with Gasteiger partial charge < -0.3 is 5.73 Å². The van der Waals surface area contributed by atoms with Crippen LogP contribution in [0.5, 0.6) is 0 Å². The van der Waals surface area contributed by atoms with Gasteiger partial charge in [0.25, 0.3) is 0 Å². The third-order valence-corrected chi connectivity index (χ3v) is 2.99. The van der Waals surface area contributed by atoms with E-state index in [4.69, 9.17) is 5.73 Å². The normalized spacial score (nSPS) is 13.5. The summed E-state index contributed by atoms with van der Waals surface area (Å²) in [5.74, 6) is -0.553. The van der Waals surface area contributed by atoms with Crippen molar-refractivity contribution in [2.45, 2.75) is 23.2 Å². The molecule has 0 aliphatic carbocycles. The number of carbonyl (C=O) groups is 1. The highest BCUT2D eigenvalue weighted by Crippen LogP contribution is 2.32. The highest BCUT2D eigenvalue weighted by Gasteiger charge is 2.30. The summed E-state index contributed by atoms with van der Waals surface area (Å²) in [6.45, 7) is 1.55. The van der Waals surface area contributed by atoms with Gasteiger partial charge >= 0.3 is 6.18 Å². The van der Waals surface area contributed by atoms with Gasteiger partial charge in [0.1, 0.15) is 0 Å². The van der Waals surface area contributed by atoms with E-state index in [0.717, 1.165) is 23.9 Å². The summed E-state index contributed by atoms with van der Waals surface area (Å²) >= 11 is 1.01. The molecule has 1 amide bonds. The molecule has 0 fully saturated rings. The molecule has 0 aromatic heterocycles. The first-order valence-corrected chi connectivity index (χ1v) is 5.32. The van der Waals surface area contributed by atoms with Crippen LogP contribution in [0.3, 0.4) is 0 Å². The number of nitrogens with two attached hydrogens (primary N) is 1. The Morgan fingerprint density at radius 3 is 2.56 bits per heavy atom. The summed E-state index contributed by atoms with van der Waals surface area (Å²) in [5.41, 5.74) is 4.30. The molecule has 0 unspecified atom stereocenters. The highest BCUT2D eigenvalue weighted by atomic mass is 32.2. The van der Waals surface area contributed by atoms with Crippen molar-refractivity contribution in [3.8, 4) is 0 Å². The number of thioether (sulfide) groups is 1. The standard InChI is InChI=1S/C10H10F3NOS/c1-6(9(14)15)16-8-4-2-3-7(5-8)10(11,12)13/h2-6H,1H3,(H2,14,15)/t6-/m1/s1. The molecule has 0 saturated heterocycles. The van der Waals surface area contributed by atoms with Crippen molar-refractivity contribution < 1.29 is 18.0 Å². The summed E-state index contributed by atoms with van der Waals surface area (Å²) in [5, 5.41) is -0.552. The summed E-state index contributed by atoms with van der Waals surface area (Å²) in [7, 11) is 0. The van der Waals surface area contributed by atoms with Crippen molar-refractivity contribution in [2.24, 2.45) is 5.73 Å². The quantitative estimate of drug-likeness (QED) is 0.837. The number of amides is 1. The molecular formula is C10H10F3NOS. The molecule has 0 bridgehead atoms. The zero-order chi connectivity index (χ0) is 12.3. The Morgan fingerprint density at radius 2 is 2.06 bits per heavy atom. The Kier molecular flexibility index (Phi) is 3.85. The second-order valence-electron chi connectivity index (χ2n) is 3.19. The van der Waals surface area contributed by atoms with Gasteiger partial charge in [-0.1, -0.05) is 6.07 Å². The molecule has 2 nitrogen and oxygen atoms in total. The fraction of sp³-hybridized carbons (Fsp3) is 0.300. The number of halogens is 3. The molecule has 88 valence electrons. The predicted octanol–water partition coefficient (Wildman–Crippen LogP) is 2.67. The fourth-order valence-corrected chi connectivity index (χ4v) is 1.88. The van der Waals surface area contributed by atoms with Gasteiger partial charge in [-0.3, -0.25) is 4.79 Å². The number of hydrogen-bond acceptors (Lipinski definition) is 2. The Hall–Kier alpha value is -1.17. The SMILES string of the molecule is C[C@@H](Sc1cccc(C(F)(F)F)c1)C(N)=O. The van der Waals surface area contributed by atoms with Crippen LogP contribution in [0.1, 0.15) is 12.5 Å². The summed E-state index contributed by atoms with van der Waals surface area (Å²) in [6.07, 6.45) is -4.37. The van der Waals surface area contributed by atoms with E-state index < -0.39 is 22.9 Å². The van der Waals surface area contributed by atoms with Crippen LogP contribution in [0.15, 0.2) is 29.2 Å². The molecule has 0 saturated carbocycles. The van der Waals surface area contributed by atoms with Crippen LogP contribution in [-0.4, -0.2) is 11.2 Å². The third-order valence-electron chi connectivity index (χ3n) is 1.87. The lowest BCUT2D eigenvalue weighted by molar-refractivity contribution is -0.137. The maximum absolute atomic E-state index is 12.4. The van der Waals surface area contributed by atoms with Gasteiger partial charge in [0.2, 0.25) is 5.91 Å². The molecule has 6 heteroatoms. The fourth-order valence-electron chi connectivity index (χ4n) is 1.01. The number of hydrogen-bond donors (Lipinski definition) is 1. The first-order valence-electron chi connectivity index (χ1n) is 4.44. The molecule has 0 spiro atoms. The average Bonchev–Trinajstić information content (AvgIpc) is 2.16. The van der Waals surface area contributed by atoms with Crippen LogP contribution in [0, 0.1) is 0 Å². The zero-order valence-electron chi connectivity index (χ0n) is 8.41. The minimum atomic E-state index is -4.37. The van der Waals surface area contributed by atoms with Gasteiger partial charge in [0.05, 0.1) is 10.8 Å². The lowest BCUT2D eigenvalue weighted by Crippen LogP contribution is -2.22. The van der Waals surface area contributed by atoms with Crippen LogP contribution in [0.4, 0.5) is 13.2 Å². The Labute approximate surface area is 95.0 Å². The predicted molar refractivity (Wildman–Crippen MR) is 56.0 cm³/mol. The van der Waals surface area contributed by atoms with E-state index in [1.165, 1.54) is 12.1 Å². The van der Waals surface area contributed by atoms with E-state index in [1.54, 1.807) is 6.92 Å². The minimum Gasteiger partial charge on any atom is -0.369 e. The smallest absolute Gasteiger partial charge is 0.369 e. The van der Waals surface area contributed by atoms with Crippen molar-refractivity contribution >= 4 is 17.7 Å². The maximum Gasteiger partial charge on any atom is 0.416 e. The first kappa shape index (κ1) is 12.9. The zero-order valence-corrected chi connectivity index (χ0v) is 9.23. The van der Waals surface area contributed by atoms with E-state index in [1.807, 2.05) is 0 Å². The lowest BCUT2D eigenvalue weighted by atomic mass is 10.2. The highest BCUT2D eigenvalue weighted by molar-refractivity contribution is 8.00. The number of benzene rings is 1. The van der Waals surface area contributed by atoms with Crippen molar-refractivity contribution in [1.29, 1.82) is 0 Å². The van der Waals surface area contributed by atoms with Crippen molar-refractivity contribution in [3.63, 3.8) is 0 Å². The van der Waals surface area contributed by atoms with E-state index in [-0.39, 0.29) is 0 Å². The maximum atomic E-state index is 12.4. The van der Waals surface area contributed by atoms with Crippen molar-refractivity contribution in [1.82, 2.24) is 0 Å². The van der Waals surface area contributed by atoms with E-state index in [0.29, 0.717) is 4.90 Å². The van der Waals surface area contributed by atoms with Gasteiger partial charge in [0.15, 0.2) is 0 Å². The van der Waals surface area contributed by atoms with E-state index >= 15 is 0 Å². The van der Waals surface area contributed by atoms with Crippen LogP contribution < -0.4 is 5.73 Å².